The van der Waals surface area contributed by atoms with Gasteiger partial charge in [0.25, 0.3) is 5.91 Å². The summed E-state index contributed by atoms with van der Waals surface area (Å²) in [5.41, 5.74) is 6.52. The van der Waals surface area contributed by atoms with Gasteiger partial charge >= 0.3 is 0 Å². The zero-order valence-electron chi connectivity index (χ0n) is 10.7. The van der Waals surface area contributed by atoms with Crippen LogP contribution in [-0.4, -0.2) is 34.9 Å². The molecule has 0 fully saturated rings. The predicted molar refractivity (Wildman–Crippen MR) is 73.3 cm³/mol. The van der Waals surface area contributed by atoms with E-state index in [9.17, 15) is 4.79 Å². The summed E-state index contributed by atoms with van der Waals surface area (Å²) in [6, 6.07) is 1.96. The van der Waals surface area contributed by atoms with Crippen LogP contribution in [0.25, 0.3) is 0 Å². The lowest BCUT2D eigenvalue weighted by atomic mass is 10.2. The molecule has 0 aliphatic rings. The number of oxime groups is 1. The topological polar surface area (TPSA) is 78.9 Å². The van der Waals surface area contributed by atoms with Crippen LogP contribution in [0.15, 0.2) is 16.6 Å². The lowest BCUT2D eigenvalue weighted by Crippen LogP contribution is -2.39. The Morgan fingerprint density at radius 2 is 2.28 bits per heavy atom. The highest BCUT2D eigenvalue weighted by Crippen LogP contribution is 2.19. The van der Waals surface area contributed by atoms with Crippen molar-refractivity contribution in [3.63, 3.8) is 0 Å². The van der Waals surface area contributed by atoms with Crippen molar-refractivity contribution in [3.8, 4) is 0 Å². The first-order chi connectivity index (χ1) is 8.63. The Balaban J connectivity index is 2.88. The molecule has 1 aromatic rings. The molecule has 0 saturated carbocycles. The SMILES string of the molecule is CCCN(CC(N)=NO)C(=O)c1sccc1CC. The summed E-state index contributed by atoms with van der Waals surface area (Å²) >= 11 is 1.44. The highest BCUT2D eigenvalue weighted by Gasteiger charge is 2.19. The number of amidine groups is 1. The van der Waals surface area contributed by atoms with Gasteiger partial charge in [0.15, 0.2) is 5.84 Å². The van der Waals surface area contributed by atoms with E-state index in [1.165, 1.54) is 11.3 Å². The van der Waals surface area contributed by atoms with Crippen molar-refractivity contribution in [1.29, 1.82) is 0 Å². The van der Waals surface area contributed by atoms with Crippen molar-refractivity contribution in [3.05, 3.63) is 21.9 Å². The van der Waals surface area contributed by atoms with Gasteiger partial charge in [-0.3, -0.25) is 4.79 Å². The zero-order valence-corrected chi connectivity index (χ0v) is 11.5. The fraction of sp³-hybridized carbons (Fsp3) is 0.500. The van der Waals surface area contributed by atoms with Gasteiger partial charge in [0.1, 0.15) is 0 Å². The Labute approximate surface area is 111 Å². The molecule has 1 heterocycles. The van der Waals surface area contributed by atoms with Gasteiger partial charge in [-0.15, -0.1) is 11.3 Å². The molecule has 5 nitrogen and oxygen atoms in total. The van der Waals surface area contributed by atoms with Crippen LogP contribution in [0.2, 0.25) is 0 Å². The number of rotatable bonds is 6. The second-order valence-corrected chi connectivity index (χ2v) is 4.86. The van der Waals surface area contributed by atoms with E-state index < -0.39 is 0 Å². The highest BCUT2D eigenvalue weighted by molar-refractivity contribution is 7.12. The number of carbonyl (C=O) groups is 1. The van der Waals surface area contributed by atoms with Gasteiger partial charge < -0.3 is 15.8 Å². The molecule has 0 saturated heterocycles. The van der Waals surface area contributed by atoms with Crippen LogP contribution < -0.4 is 5.73 Å². The Bertz CT molecular complexity index is 429. The Morgan fingerprint density at radius 1 is 1.56 bits per heavy atom. The van der Waals surface area contributed by atoms with E-state index in [1.54, 1.807) is 4.90 Å². The summed E-state index contributed by atoms with van der Waals surface area (Å²) in [5.74, 6) is 0.00158. The van der Waals surface area contributed by atoms with E-state index in [1.807, 2.05) is 25.3 Å². The van der Waals surface area contributed by atoms with Crippen molar-refractivity contribution in [2.75, 3.05) is 13.1 Å². The van der Waals surface area contributed by atoms with Crippen molar-refractivity contribution in [1.82, 2.24) is 4.90 Å². The summed E-state index contributed by atoms with van der Waals surface area (Å²) in [7, 11) is 0. The molecule has 0 aromatic carbocycles. The summed E-state index contributed by atoms with van der Waals surface area (Å²) < 4.78 is 0. The molecule has 0 aliphatic heterocycles. The van der Waals surface area contributed by atoms with E-state index in [2.05, 4.69) is 5.16 Å². The zero-order chi connectivity index (χ0) is 13.5. The van der Waals surface area contributed by atoms with Gasteiger partial charge in [0.05, 0.1) is 11.4 Å². The van der Waals surface area contributed by atoms with E-state index in [-0.39, 0.29) is 18.3 Å². The molecule has 6 heteroatoms. The second kappa shape index (κ2) is 7.00. The standard InChI is InChI=1S/C12H19N3O2S/c1-3-6-15(8-10(13)14-17)12(16)11-9(4-2)5-7-18-11/h5,7,17H,3-4,6,8H2,1-2H3,(H2,13,14). The van der Waals surface area contributed by atoms with E-state index >= 15 is 0 Å². The molecule has 1 amide bonds. The number of thiophene rings is 1. The predicted octanol–water partition coefficient (Wildman–Crippen LogP) is 1.91. The first kappa shape index (κ1) is 14.5. The minimum Gasteiger partial charge on any atom is -0.409 e. The molecule has 1 rings (SSSR count). The second-order valence-electron chi connectivity index (χ2n) is 3.95. The lowest BCUT2D eigenvalue weighted by Gasteiger charge is -2.21. The number of aryl methyl sites for hydroxylation is 1. The lowest BCUT2D eigenvalue weighted by molar-refractivity contribution is 0.0782. The fourth-order valence-electron chi connectivity index (χ4n) is 1.69. The maximum Gasteiger partial charge on any atom is 0.264 e. The van der Waals surface area contributed by atoms with Gasteiger partial charge in [-0.25, -0.2) is 0 Å². The van der Waals surface area contributed by atoms with E-state index in [4.69, 9.17) is 10.9 Å². The molecular weight excluding hydrogens is 250 g/mol. The number of carbonyl (C=O) groups excluding carboxylic acids is 1. The number of amides is 1. The van der Waals surface area contributed by atoms with Crippen LogP contribution in [-0.2, 0) is 6.42 Å². The highest BCUT2D eigenvalue weighted by atomic mass is 32.1. The molecule has 0 unspecified atom stereocenters. The quantitative estimate of drug-likeness (QED) is 0.358. The average Bonchev–Trinajstić information content (AvgIpc) is 2.85. The maximum absolute atomic E-state index is 12.4. The van der Waals surface area contributed by atoms with Crippen LogP contribution >= 0.6 is 11.3 Å². The van der Waals surface area contributed by atoms with Crippen LogP contribution in [0.3, 0.4) is 0 Å². The normalized spacial score (nSPS) is 11.6. The molecule has 1 aromatic heterocycles. The molecule has 100 valence electrons. The number of hydrogen-bond acceptors (Lipinski definition) is 4. The molecule has 0 atom stereocenters. The molecule has 0 aliphatic carbocycles. The molecule has 0 radical (unpaired) electrons. The Morgan fingerprint density at radius 3 is 2.83 bits per heavy atom. The summed E-state index contributed by atoms with van der Waals surface area (Å²) in [6.45, 7) is 4.76. The maximum atomic E-state index is 12.4. The number of nitrogens with two attached hydrogens (primary N) is 1. The van der Waals surface area contributed by atoms with Crippen LogP contribution in [0, 0.1) is 0 Å². The number of hydrogen-bond donors (Lipinski definition) is 2. The van der Waals surface area contributed by atoms with Crippen LogP contribution in [0.5, 0.6) is 0 Å². The van der Waals surface area contributed by atoms with E-state index in [0.717, 1.165) is 23.3 Å². The Hall–Kier alpha value is -1.56. The monoisotopic (exact) mass is 269 g/mol. The third-order valence-corrected chi connectivity index (χ3v) is 3.53. The first-order valence-corrected chi connectivity index (χ1v) is 6.84. The minimum atomic E-state index is -0.0460. The first-order valence-electron chi connectivity index (χ1n) is 5.96. The van der Waals surface area contributed by atoms with Crippen molar-refractivity contribution >= 4 is 23.1 Å². The molecule has 0 spiro atoms. The van der Waals surface area contributed by atoms with Gasteiger partial charge in [0, 0.05) is 6.54 Å². The number of nitrogens with zero attached hydrogens (tertiary/aromatic N) is 2. The van der Waals surface area contributed by atoms with Gasteiger partial charge in [-0.2, -0.15) is 0 Å². The third kappa shape index (κ3) is 3.46. The fourth-order valence-corrected chi connectivity index (χ4v) is 2.66. The largest absolute Gasteiger partial charge is 0.409 e. The van der Waals surface area contributed by atoms with Crippen LogP contribution in [0.1, 0.15) is 35.5 Å². The molecule has 0 bridgehead atoms. The molecular formula is C12H19N3O2S. The minimum absolute atomic E-state index is 0.0460. The molecule has 3 N–H and O–H groups in total. The Kier molecular flexibility index (Phi) is 5.64. The summed E-state index contributed by atoms with van der Waals surface area (Å²) in [5, 5.41) is 13.4. The van der Waals surface area contributed by atoms with E-state index in [0.29, 0.717) is 6.54 Å². The van der Waals surface area contributed by atoms with Crippen molar-refractivity contribution < 1.29 is 10.0 Å². The average molecular weight is 269 g/mol. The smallest absolute Gasteiger partial charge is 0.264 e. The van der Waals surface area contributed by atoms with Crippen molar-refractivity contribution in [2.24, 2.45) is 10.9 Å². The summed E-state index contributed by atoms with van der Waals surface area (Å²) in [6.07, 6.45) is 1.66. The van der Waals surface area contributed by atoms with Gasteiger partial charge in [-0.05, 0) is 29.9 Å². The summed E-state index contributed by atoms with van der Waals surface area (Å²) in [4.78, 5) is 14.7. The van der Waals surface area contributed by atoms with Gasteiger partial charge in [0.2, 0.25) is 0 Å². The van der Waals surface area contributed by atoms with Crippen LogP contribution in [0.4, 0.5) is 0 Å². The van der Waals surface area contributed by atoms with Crippen molar-refractivity contribution in [2.45, 2.75) is 26.7 Å². The van der Waals surface area contributed by atoms with Gasteiger partial charge in [-0.1, -0.05) is 19.0 Å². The third-order valence-electron chi connectivity index (χ3n) is 2.58. The molecule has 18 heavy (non-hydrogen) atoms.